The van der Waals surface area contributed by atoms with Crippen LogP contribution >= 0.6 is 0 Å². The average molecular weight is 421 g/mol. The highest BCUT2D eigenvalue weighted by molar-refractivity contribution is 6.06. The lowest BCUT2D eigenvalue weighted by atomic mass is 9.82. The molecule has 3 aromatic rings. The van der Waals surface area contributed by atoms with E-state index in [1.165, 1.54) is 21.3 Å². The number of para-hydroxylation sites is 1. The molecule has 2 atom stereocenters. The predicted molar refractivity (Wildman–Crippen MR) is 114 cm³/mol. The maximum atomic E-state index is 13.5. The lowest BCUT2D eigenvalue weighted by Crippen LogP contribution is -2.49. The van der Waals surface area contributed by atoms with E-state index >= 15 is 0 Å². The molecule has 5 rings (SSSR count). The van der Waals surface area contributed by atoms with Crippen molar-refractivity contribution in [3.8, 4) is 0 Å². The van der Waals surface area contributed by atoms with Gasteiger partial charge in [0.15, 0.2) is 0 Å². The Morgan fingerprint density at radius 3 is 2.68 bits per heavy atom. The standard InChI is InChI=1S/C22H21N4O5/c1-23-18-5-3-2-4-15(18)16(9-20(23)27)21(28)24-10-13-8-14(12-24)17-6-7-19(26(30)31)22(29)25(17)11-13/h2-7,9,13-14,30H,8,10-12H2,1H3/q-1/t13-,14-/m0/s1. The van der Waals surface area contributed by atoms with Gasteiger partial charge in [-0.3, -0.25) is 19.6 Å². The number of rotatable bonds is 2. The molecule has 0 unspecified atom stereocenters. The Morgan fingerprint density at radius 2 is 1.90 bits per heavy atom. The Balaban J connectivity index is 1.52. The quantitative estimate of drug-likeness (QED) is 0.630. The van der Waals surface area contributed by atoms with E-state index in [1.807, 2.05) is 24.3 Å². The third-order valence-corrected chi connectivity index (χ3v) is 6.46. The van der Waals surface area contributed by atoms with Crippen LogP contribution in [-0.2, 0) is 13.6 Å². The van der Waals surface area contributed by atoms with Gasteiger partial charge < -0.3 is 24.5 Å². The Morgan fingerprint density at radius 1 is 1.13 bits per heavy atom. The number of aryl methyl sites for hydroxylation is 1. The monoisotopic (exact) mass is 421 g/mol. The molecule has 2 aromatic heterocycles. The molecule has 9 nitrogen and oxygen atoms in total. The highest BCUT2D eigenvalue weighted by atomic mass is 16.8. The number of carbonyl (C=O) groups is 1. The van der Waals surface area contributed by atoms with Gasteiger partial charge in [-0.25, -0.2) is 0 Å². The summed E-state index contributed by atoms with van der Waals surface area (Å²) in [5, 5.41) is 20.7. The highest BCUT2D eigenvalue weighted by Gasteiger charge is 2.37. The summed E-state index contributed by atoms with van der Waals surface area (Å²) in [5.74, 6) is -0.216. The summed E-state index contributed by atoms with van der Waals surface area (Å²) in [6, 6.07) is 11.7. The molecule has 1 fully saturated rings. The first-order valence-corrected chi connectivity index (χ1v) is 10.1. The molecule has 1 N–H and O–H groups in total. The van der Waals surface area contributed by atoms with Gasteiger partial charge >= 0.3 is 0 Å². The molecule has 2 aliphatic rings. The van der Waals surface area contributed by atoms with E-state index in [2.05, 4.69) is 0 Å². The smallest absolute Gasteiger partial charge is 0.275 e. The van der Waals surface area contributed by atoms with E-state index in [1.54, 1.807) is 18.0 Å². The average Bonchev–Trinajstić information content (AvgIpc) is 2.76. The molecule has 1 amide bonds. The second-order valence-electron chi connectivity index (χ2n) is 8.31. The molecule has 2 bridgehead atoms. The number of nitrogens with zero attached hydrogens (tertiary/aromatic N) is 4. The van der Waals surface area contributed by atoms with Crippen LogP contribution in [-0.4, -0.2) is 38.2 Å². The zero-order chi connectivity index (χ0) is 21.9. The van der Waals surface area contributed by atoms with Crippen LogP contribution in [0.15, 0.2) is 52.1 Å². The van der Waals surface area contributed by atoms with Gasteiger partial charge in [-0.2, -0.15) is 0 Å². The molecule has 0 radical (unpaired) electrons. The molecule has 0 aliphatic carbocycles. The second-order valence-corrected chi connectivity index (χ2v) is 8.31. The molecular formula is C22H21N4O5-. The van der Waals surface area contributed by atoms with Crippen molar-refractivity contribution in [2.24, 2.45) is 13.0 Å². The second kappa shape index (κ2) is 7.07. The molecule has 2 aliphatic heterocycles. The summed E-state index contributed by atoms with van der Waals surface area (Å²) in [4.78, 5) is 40.2. The molecule has 1 aromatic carbocycles. The van der Waals surface area contributed by atoms with Crippen molar-refractivity contribution in [2.45, 2.75) is 18.9 Å². The van der Waals surface area contributed by atoms with E-state index in [0.29, 0.717) is 30.7 Å². The first-order chi connectivity index (χ1) is 14.8. The summed E-state index contributed by atoms with van der Waals surface area (Å²) in [6.07, 6.45) is 0.833. The number of benzene rings is 1. The zero-order valence-electron chi connectivity index (χ0n) is 16.9. The predicted octanol–water partition coefficient (Wildman–Crippen LogP) is 1.65. The van der Waals surface area contributed by atoms with E-state index in [0.717, 1.165) is 17.5 Å². The number of carbonyl (C=O) groups excluding carboxylic acids is 1. The van der Waals surface area contributed by atoms with Crippen molar-refractivity contribution < 1.29 is 10.0 Å². The Bertz CT molecular complexity index is 1330. The highest BCUT2D eigenvalue weighted by Crippen LogP contribution is 2.36. The van der Waals surface area contributed by atoms with Gasteiger partial charge in [0.05, 0.1) is 11.1 Å². The zero-order valence-corrected chi connectivity index (χ0v) is 16.9. The number of piperidine rings is 1. The van der Waals surface area contributed by atoms with Gasteiger partial charge in [-0.05, 0) is 30.5 Å². The first kappa shape index (κ1) is 19.5. The first-order valence-electron chi connectivity index (χ1n) is 10.1. The summed E-state index contributed by atoms with van der Waals surface area (Å²) in [7, 11) is 1.68. The molecular weight excluding hydrogens is 400 g/mol. The number of pyridine rings is 2. The normalized spacial score (nSPS) is 19.9. The number of likely N-dealkylation sites (tertiary alicyclic amines) is 1. The topological polar surface area (TPSA) is 111 Å². The third kappa shape index (κ3) is 3.05. The van der Waals surface area contributed by atoms with Crippen LogP contribution in [0.25, 0.3) is 10.9 Å². The van der Waals surface area contributed by atoms with E-state index in [9.17, 15) is 19.6 Å². The van der Waals surface area contributed by atoms with E-state index in [-0.39, 0.29) is 29.0 Å². The Labute approximate surface area is 176 Å². The molecule has 9 heteroatoms. The maximum Gasteiger partial charge on any atom is 0.275 e. The van der Waals surface area contributed by atoms with Crippen molar-refractivity contribution in [3.63, 3.8) is 0 Å². The minimum atomic E-state index is -0.526. The molecule has 4 heterocycles. The van der Waals surface area contributed by atoms with Gasteiger partial charge in [-0.15, -0.1) is 0 Å². The third-order valence-electron chi connectivity index (χ3n) is 6.46. The number of fused-ring (bicyclic) bond motifs is 5. The van der Waals surface area contributed by atoms with Crippen LogP contribution < -0.4 is 16.3 Å². The lowest BCUT2D eigenvalue weighted by molar-refractivity contribution is 0.0596. The largest absolute Gasteiger partial charge is 0.733 e. The number of amides is 1. The van der Waals surface area contributed by atoms with Gasteiger partial charge in [0.1, 0.15) is 5.69 Å². The van der Waals surface area contributed by atoms with Crippen molar-refractivity contribution in [1.82, 2.24) is 14.0 Å². The number of hydrogen-bond acceptors (Lipinski definition) is 6. The molecule has 160 valence electrons. The summed E-state index contributed by atoms with van der Waals surface area (Å²) < 4.78 is 3.06. The fourth-order valence-electron chi connectivity index (χ4n) is 5.00. The van der Waals surface area contributed by atoms with E-state index in [4.69, 9.17) is 5.21 Å². The summed E-state index contributed by atoms with van der Waals surface area (Å²) in [5.41, 5.74) is 0.748. The van der Waals surface area contributed by atoms with Crippen LogP contribution in [0.3, 0.4) is 0 Å². The minimum Gasteiger partial charge on any atom is -0.733 e. The summed E-state index contributed by atoms with van der Waals surface area (Å²) >= 11 is 0. The van der Waals surface area contributed by atoms with Gasteiger partial charge in [0.25, 0.3) is 17.0 Å². The molecule has 0 spiro atoms. The maximum absolute atomic E-state index is 13.5. The minimum absolute atomic E-state index is 0.0414. The van der Waals surface area contributed by atoms with Crippen molar-refractivity contribution >= 4 is 22.5 Å². The van der Waals surface area contributed by atoms with Gasteiger partial charge in [0.2, 0.25) is 0 Å². The molecule has 0 saturated carbocycles. The summed E-state index contributed by atoms with van der Waals surface area (Å²) in [6.45, 7) is 1.24. The van der Waals surface area contributed by atoms with Gasteiger partial charge in [0, 0.05) is 49.7 Å². The van der Waals surface area contributed by atoms with Crippen LogP contribution in [0, 0.1) is 11.1 Å². The number of hydrogen-bond donors (Lipinski definition) is 1. The van der Waals surface area contributed by atoms with Crippen LogP contribution in [0.1, 0.15) is 28.4 Å². The van der Waals surface area contributed by atoms with Crippen molar-refractivity contribution in [3.05, 3.63) is 79.6 Å². The van der Waals surface area contributed by atoms with Crippen molar-refractivity contribution in [1.29, 1.82) is 0 Å². The van der Waals surface area contributed by atoms with Gasteiger partial charge in [-0.1, -0.05) is 18.2 Å². The Kier molecular flexibility index (Phi) is 4.45. The van der Waals surface area contributed by atoms with Crippen LogP contribution in [0.5, 0.6) is 0 Å². The number of anilines is 1. The number of aromatic nitrogens is 2. The Hall–Kier alpha value is -3.43. The van der Waals surface area contributed by atoms with Crippen LogP contribution in [0.4, 0.5) is 5.69 Å². The lowest BCUT2D eigenvalue weighted by Gasteiger charge is -2.43. The molecule has 31 heavy (non-hydrogen) atoms. The fraction of sp³-hybridized carbons (Fsp3) is 0.318. The van der Waals surface area contributed by atoms with E-state index < -0.39 is 10.8 Å². The fourth-order valence-corrected chi connectivity index (χ4v) is 5.00. The SMILES string of the molecule is Cn1c(=O)cc(C(=O)N2C[C@@H]3C[C@@H](C2)c2ccc(N([O-])O)c(=O)n2C3)c2ccccc21. The van der Waals surface area contributed by atoms with Crippen LogP contribution in [0.2, 0.25) is 0 Å². The van der Waals surface area contributed by atoms with Crippen molar-refractivity contribution in [2.75, 3.05) is 18.3 Å². The molecule has 1 saturated heterocycles.